The average molecular weight is 208 g/mol. The third-order valence-corrected chi connectivity index (χ3v) is 1.79. The maximum Gasteiger partial charge on any atom is 0.308 e. The van der Waals surface area contributed by atoms with Crippen molar-refractivity contribution in [1.82, 2.24) is 0 Å². The van der Waals surface area contributed by atoms with Crippen molar-refractivity contribution in [2.24, 2.45) is 0 Å². The number of carbonyl (C=O) groups excluding carboxylic acids is 1. The van der Waals surface area contributed by atoms with Gasteiger partial charge in [-0.15, -0.1) is 0 Å². The van der Waals surface area contributed by atoms with E-state index in [1.165, 1.54) is 6.92 Å². The monoisotopic (exact) mass is 208 g/mol. The van der Waals surface area contributed by atoms with Gasteiger partial charge in [0.1, 0.15) is 5.75 Å². The summed E-state index contributed by atoms with van der Waals surface area (Å²) in [5.41, 5.74) is 1.07. The lowest BCUT2D eigenvalue weighted by Gasteiger charge is -2.10. The van der Waals surface area contributed by atoms with E-state index >= 15 is 0 Å². The Balaban J connectivity index is 0.000000921. The van der Waals surface area contributed by atoms with E-state index in [2.05, 4.69) is 13.8 Å². The molecule has 0 aliphatic carbocycles. The van der Waals surface area contributed by atoms with Crippen molar-refractivity contribution in [2.75, 3.05) is 0 Å². The van der Waals surface area contributed by atoms with Gasteiger partial charge in [-0.3, -0.25) is 4.79 Å². The van der Waals surface area contributed by atoms with E-state index in [-0.39, 0.29) is 5.97 Å². The second kappa shape index (κ2) is 7.04. The Hall–Kier alpha value is -1.31. The number of rotatable bonds is 2. The summed E-state index contributed by atoms with van der Waals surface area (Å²) in [6.07, 6.45) is 0. The molecule has 1 aromatic carbocycles. The first-order chi connectivity index (χ1) is 7.11. The van der Waals surface area contributed by atoms with Gasteiger partial charge in [-0.2, -0.15) is 0 Å². The van der Waals surface area contributed by atoms with Crippen LogP contribution in [0.5, 0.6) is 5.75 Å². The fourth-order valence-electron chi connectivity index (χ4n) is 1.21. The molecule has 0 spiro atoms. The number of benzene rings is 1. The maximum absolute atomic E-state index is 10.8. The summed E-state index contributed by atoms with van der Waals surface area (Å²) in [6, 6.07) is 7.60. The molecule has 0 saturated heterocycles. The standard InChI is InChI=1S/C11H14O2.C2H6/c1-8(2)10-6-4-5-7-11(10)13-9(3)12;1-2/h4-8H,1-3H3;1-2H3. The van der Waals surface area contributed by atoms with Crippen molar-refractivity contribution in [3.8, 4) is 5.75 Å². The highest BCUT2D eigenvalue weighted by Gasteiger charge is 2.07. The van der Waals surface area contributed by atoms with Crippen LogP contribution in [0.1, 0.15) is 46.1 Å². The lowest BCUT2D eigenvalue weighted by molar-refractivity contribution is -0.131. The lowest BCUT2D eigenvalue weighted by atomic mass is 10.0. The van der Waals surface area contributed by atoms with Crippen LogP contribution in [0.25, 0.3) is 0 Å². The number of hydrogen-bond donors (Lipinski definition) is 0. The largest absolute Gasteiger partial charge is 0.426 e. The van der Waals surface area contributed by atoms with Gasteiger partial charge in [0, 0.05) is 6.92 Å². The number of carbonyl (C=O) groups is 1. The van der Waals surface area contributed by atoms with Crippen LogP contribution in [0.4, 0.5) is 0 Å². The van der Waals surface area contributed by atoms with Crippen molar-refractivity contribution in [3.05, 3.63) is 29.8 Å². The van der Waals surface area contributed by atoms with Crippen LogP contribution in [-0.2, 0) is 4.79 Å². The molecular weight excluding hydrogens is 188 g/mol. The van der Waals surface area contributed by atoms with Crippen LogP contribution in [0, 0.1) is 0 Å². The molecule has 0 saturated carbocycles. The van der Waals surface area contributed by atoms with Crippen LogP contribution in [-0.4, -0.2) is 5.97 Å². The van der Waals surface area contributed by atoms with Crippen molar-refractivity contribution in [1.29, 1.82) is 0 Å². The molecule has 2 heteroatoms. The zero-order valence-corrected chi connectivity index (χ0v) is 10.2. The quantitative estimate of drug-likeness (QED) is 0.546. The first-order valence-electron chi connectivity index (χ1n) is 5.38. The summed E-state index contributed by atoms with van der Waals surface area (Å²) in [5.74, 6) is 0.772. The van der Waals surface area contributed by atoms with E-state index in [1.807, 2.05) is 38.1 Å². The van der Waals surface area contributed by atoms with Crippen LogP contribution in [0.15, 0.2) is 24.3 Å². The highest BCUT2D eigenvalue weighted by atomic mass is 16.5. The molecule has 0 atom stereocenters. The van der Waals surface area contributed by atoms with Gasteiger partial charge in [-0.05, 0) is 17.5 Å². The van der Waals surface area contributed by atoms with Gasteiger partial charge in [0.2, 0.25) is 0 Å². The molecule has 0 bridgehead atoms. The summed E-state index contributed by atoms with van der Waals surface area (Å²) in [4.78, 5) is 10.8. The Morgan fingerprint density at radius 2 is 1.73 bits per heavy atom. The Kier molecular flexibility index (Phi) is 6.43. The van der Waals surface area contributed by atoms with Gasteiger partial charge in [-0.1, -0.05) is 45.9 Å². The predicted molar refractivity (Wildman–Crippen MR) is 63.2 cm³/mol. The molecule has 0 radical (unpaired) electrons. The fraction of sp³-hybridized carbons (Fsp3) is 0.462. The SMILES string of the molecule is CC.CC(=O)Oc1ccccc1C(C)C. The van der Waals surface area contributed by atoms with E-state index in [9.17, 15) is 4.79 Å². The Bertz CT molecular complexity index is 303. The molecule has 0 aliphatic rings. The van der Waals surface area contributed by atoms with E-state index < -0.39 is 0 Å². The molecule has 0 N–H and O–H groups in total. The van der Waals surface area contributed by atoms with E-state index in [0.717, 1.165) is 5.56 Å². The molecule has 0 aromatic heterocycles. The molecule has 0 aliphatic heterocycles. The summed E-state index contributed by atoms with van der Waals surface area (Å²) in [5, 5.41) is 0. The Morgan fingerprint density at radius 1 is 1.20 bits per heavy atom. The van der Waals surface area contributed by atoms with Gasteiger partial charge in [0.15, 0.2) is 0 Å². The predicted octanol–water partition coefficient (Wildman–Crippen LogP) is 3.76. The lowest BCUT2D eigenvalue weighted by Crippen LogP contribution is -2.04. The molecule has 1 aromatic rings. The first kappa shape index (κ1) is 13.7. The number of ether oxygens (including phenoxy) is 1. The van der Waals surface area contributed by atoms with Crippen molar-refractivity contribution in [2.45, 2.75) is 40.5 Å². The Morgan fingerprint density at radius 3 is 2.20 bits per heavy atom. The molecular formula is C13H20O2. The molecule has 15 heavy (non-hydrogen) atoms. The van der Waals surface area contributed by atoms with Crippen LogP contribution < -0.4 is 4.74 Å². The highest BCUT2D eigenvalue weighted by Crippen LogP contribution is 2.25. The molecule has 84 valence electrons. The minimum Gasteiger partial charge on any atom is -0.426 e. The normalized spacial score (nSPS) is 9.20. The summed E-state index contributed by atoms with van der Waals surface area (Å²) >= 11 is 0. The fourth-order valence-corrected chi connectivity index (χ4v) is 1.21. The maximum atomic E-state index is 10.8. The highest BCUT2D eigenvalue weighted by molar-refractivity contribution is 5.69. The van der Waals surface area contributed by atoms with Gasteiger partial charge >= 0.3 is 5.97 Å². The minimum absolute atomic E-state index is 0.270. The summed E-state index contributed by atoms with van der Waals surface area (Å²) < 4.78 is 5.07. The molecule has 0 amide bonds. The number of hydrogen-bond acceptors (Lipinski definition) is 2. The average Bonchev–Trinajstić information content (AvgIpc) is 2.20. The topological polar surface area (TPSA) is 26.3 Å². The minimum atomic E-state index is -0.270. The van der Waals surface area contributed by atoms with Crippen molar-refractivity contribution >= 4 is 5.97 Å². The number of para-hydroxylation sites is 1. The van der Waals surface area contributed by atoms with Crippen LogP contribution in [0.2, 0.25) is 0 Å². The Labute approximate surface area is 92.3 Å². The molecule has 0 heterocycles. The van der Waals surface area contributed by atoms with Crippen molar-refractivity contribution < 1.29 is 9.53 Å². The van der Waals surface area contributed by atoms with Crippen LogP contribution in [0.3, 0.4) is 0 Å². The smallest absolute Gasteiger partial charge is 0.308 e. The molecule has 2 nitrogen and oxygen atoms in total. The van der Waals surface area contributed by atoms with Gasteiger partial charge in [0.05, 0.1) is 0 Å². The summed E-state index contributed by atoms with van der Waals surface area (Å²) in [7, 11) is 0. The second-order valence-electron chi connectivity index (χ2n) is 3.29. The molecule has 0 fully saturated rings. The summed E-state index contributed by atoms with van der Waals surface area (Å²) in [6.45, 7) is 9.56. The zero-order chi connectivity index (χ0) is 11.8. The first-order valence-corrected chi connectivity index (χ1v) is 5.38. The van der Waals surface area contributed by atoms with Gasteiger partial charge in [0.25, 0.3) is 0 Å². The zero-order valence-electron chi connectivity index (χ0n) is 10.2. The second-order valence-corrected chi connectivity index (χ2v) is 3.29. The van der Waals surface area contributed by atoms with Gasteiger partial charge < -0.3 is 4.74 Å². The van der Waals surface area contributed by atoms with Gasteiger partial charge in [-0.25, -0.2) is 0 Å². The third-order valence-electron chi connectivity index (χ3n) is 1.79. The van der Waals surface area contributed by atoms with E-state index in [4.69, 9.17) is 4.74 Å². The molecule has 1 rings (SSSR count). The van der Waals surface area contributed by atoms with Crippen LogP contribution >= 0.6 is 0 Å². The van der Waals surface area contributed by atoms with Crippen molar-refractivity contribution in [3.63, 3.8) is 0 Å². The van der Waals surface area contributed by atoms with E-state index in [0.29, 0.717) is 11.7 Å². The number of esters is 1. The third kappa shape index (κ3) is 4.63. The molecule has 0 unspecified atom stereocenters. The van der Waals surface area contributed by atoms with E-state index in [1.54, 1.807) is 0 Å².